The molecule has 0 saturated carbocycles. The lowest BCUT2D eigenvalue weighted by Crippen LogP contribution is -2.04. The number of rotatable bonds is 3. The van der Waals surface area contributed by atoms with Crippen molar-refractivity contribution in [2.75, 3.05) is 7.11 Å². The molecule has 0 fully saturated rings. The van der Waals surface area contributed by atoms with E-state index in [4.69, 9.17) is 4.74 Å². The summed E-state index contributed by atoms with van der Waals surface area (Å²) in [6.45, 7) is 0. The predicted molar refractivity (Wildman–Crippen MR) is 71.5 cm³/mol. The Kier molecular flexibility index (Phi) is 3.91. The van der Waals surface area contributed by atoms with Gasteiger partial charge in [0, 0.05) is 10.9 Å². The van der Waals surface area contributed by atoms with Crippen LogP contribution in [0.1, 0.15) is 15.2 Å². The van der Waals surface area contributed by atoms with Crippen molar-refractivity contribution in [2.45, 2.75) is 5.33 Å². The van der Waals surface area contributed by atoms with Crippen molar-refractivity contribution in [3.05, 3.63) is 40.8 Å². The summed E-state index contributed by atoms with van der Waals surface area (Å²) in [5, 5.41) is 0.599. The highest BCUT2D eigenvalue weighted by Crippen LogP contribution is 2.30. The van der Waals surface area contributed by atoms with Gasteiger partial charge in [0.2, 0.25) is 0 Å². The van der Waals surface area contributed by atoms with Crippen LogP contribution in [0.2, 0.25) is 0 Å². The van der Waals surface area contributed by atoms with Crippen molar-refractivity contribution in [3.8, 4) is 11.3 Å². The number of esters is 1. The number of hydrogen-bond acceptors (Lipinski definition) is 4. The molecule has 2 rings (SSSR count). The van der Waals surface area contributed by atoms with Gasteiger partial charge in [0.1, 0.15) is 5.56 Å². The molecule has 3 nitrogen and oxygen atoms in total. The summed E-state index contributed by atoms with van der Waals surface area (Å²) >= 11 is 4.67. The lowest BCUT2D eigenvalue weighted by Gasteiger charge is -2.02. The van der Waals surface area contributed by atoms with Crippen LogP contribution in [0.25, 0.3) is 11.3 Å². The van der Waals surface area contributed by atoms with Gasteiger partial charge in [-0.3, -0.25) is 0 Å². The zero-order valence-corrected chi connectivity index (χ0v) is 11.5. The molecule has 1 aromatic heterocycles. The van der Waals surface area contributed by atoms with Crippen molar-refractivity contribution in [1.29, 1.82) is 0 Å². The van der Waals surface area contributed by atoms with Crippen LogP contribution in [-0.2, 0) is 10.1 Å². The highest BCUT2D eigenvalue weighted by Gasteiger charge is 2.21. The second-order valence-corrected chi connectivity index (χ2v) is 4.74. The largest absolute Gasteiger partial charge is 0.465 e. The number of halogens is 1. The third-order valence-corrected chi connectivity index (χ3v) is 4.10. The minimum atomic E-state index is -0.341. The monoisotopic (exact) mass is 311 g/mol. The van der Waals surface area contributed by atoms with Crippen LogP contribution in [0, 0.1) is 0 Å². The first-order valence-corrected chi connectivity index (χ1v) is 6.85. The Bertz CT molecular complexity index is 525. The summed E-state index contributed by atoms with van der Waals surface area (Å²) < 4.78 is 9.14. The average molecular weight is 312 g/mol. The fraction of sp³-hybridized carbons (Fsp3) is 0.167. The van der Waals surface area contributed by atoms with E-state index in [1.807, 2.05) is 30.3 Å². The molecule has 0 saturated heterocycles. The quantitative estimate of drug-likeness (QED) is 0.643. The van der Waals surface area contributed by atoms with E-state index in [0.29, 0.717) is 16.6 Å². The van der Waals surface area contributed by atoms with Crippen molar-refractivity contribution in [3.63, 3.8) is 0 Å². The number of methoxy groups -OCH3 is 1. The van der Waals surface area contributed by atoms with E-state index < -0.39 is 0 Å². The Morgan fingerprint density at radius 3 is 2.71 bits per heavy atom. The van der Waals surface area contributed by atoms with E-state index in [9.17, 15) is 4.79 Å². The van der Waals surface area contributed by atoms with Crippen LogP contribution >= 0.6 is 27.5 Å². The van der Waals surface area contributed by atoms with Crippen LogP contribution in [-0.4, -0.2) is 17.5 Å². The Morgan fingerprint density at radius 2 is 2.12 bits per heavy atom. The SMILES string of the molecule is COC(=O)c1c(-c2ccccc2)nsc1CBr. The molecule has 0 radical (unpaired) electrons. The Hall–Kier alpha value is -1.20. The van der Waals surface area contributed by atoms with E-state index in [2.05, 4.69) is 20.3 Å². The van der Waals surface area contributed by atoms with Gasteiger partial charge in [0.05, 0.1) is 17.7 Å². The number of nitrogens with zero attached hydrogens (tertiary/aromatic N) is 1. The molecule has 88 valence electrons. The van der Waals surface area contributed by atoms with E-state index >= 15 is 0 Å². The number of benzene rings is 1. The minimum Gasteiger partial charge on any atom is -0.465 e. The highest BCUT2D eigenvalue weighted by atomic mass is 79.9. The van der Waals surface area contributed by atoms with Gasteiger partial charge in [-0.25, -0.2) is 4.79 Å². The zero-order chi connectivity index (χ0) is 12.3. The number of alkyl halides is 1. The molecule has 0 aliphatic rings. The zero-order valence-electron chi connectivity index (χ0n) is 9.14. The molecule has 0 N–H and O–H groups in total. The molecule has 0 bridgehead atoms. The van der Waals surface area contributed by atoms with Crippen LogP contribution in [0.5, 0.6) is 0 Å². The molecule has 0 amide bonds. The highest BCUT2D eigenvalue weighted by molar-refractivity contribution is 9.08. The molecule has 0 atom stereocenters. The summed E-state index contributed by atoms with van der Waals surface area (Å²) in [4.78, 5) is 12.7. The van der Waals surface area contributed by atoms with Crippen LogP contribution in [0.15, 0.2) is 30.3 Å². The first kappa shape index (κ1) is 12.3. The number of hydrogen-bond donors (Lipinski definition) is 0. The fourth-order valence-corrected chi connectivity index (χ4v) is 2.83. The molecule has 2 aromatic rings. The molecule has 1 aromatic carbocycles. The molecule has 17 heavy (non-hydrogen) atoms. The maximum atomic E-state index is 11.8. The molecule has 0 unspecified atom stereocenters. The maximum Gasteiger partial charge on any atom is 0.341 e. The molecule has 0 aliphatic carbocycles. The summed E-state index contributed by atoms with van der Waals surface area (Å²) in [7, 11) is 1.38. The Morgan fingerprint density at radius 1 is 1.41 bits per heavy atom. The second kappa shape index (κ2) is 5.42. The van der Waals surface area contributed by atoms with Gasteiger partial charge in [0.15, 0.2) is 0 Å². The van der Waals surface area contributed by atoms with E-state index in [1.165, 1.54) is 18.6 Å². The summed E-state index contributed by atoms with van der Waals surface area (Å²) in [6.07, 6.45) is 0. The lowest BCUT2D eigenvalue weighted by molar-refractivity contribution is 0.0601. The third kappa shape index (κ3) is 2.40. The van der Waals surface area contributed by atoms with E-state index in [-0.39, 0.29) is 5.97 Å². The molecule has 0 aliphatic heterocycles. The van der Waals surface area contributed by atoms with E-state index in [1.54, 1.807) is 0 Å². The smallest absolute Gasteiger partial charge is 0.341 e. The van der Waals surface area contributed by atoms with Crippen LogP contribution in [0.3, 0.4) is 0 Å². The predicted octanol–water partition coefficient (Wildman–Crippen LogP) is 3.49. The molecular weight excluding hydrogens is 302 g/mol. The number of carbonyl (C=O) groups is 1. The maximum absolute atomic E-state index is 11.8. The van der Waals surface area contributed by atoms with Crippen molar-refractivity contribution < 1.29 is 9.53 Å². The third-order valence-electron chi connectivity index (χ3n) is 2.32. The second-order valence-electron chi connectivity index (χ2n) is 3.32. The average Bonchev–Trinajstić information content (AvgIpc) is 2.82. The summed E-state index contributed by atoms with van der Waals surface area (Å²) in [6, 6.07) is 9.63. The summed E-state index contributed by atoms with van der Waals surface area (Å²) in [5.41, 5.74) is 2.17. The van der Waals surface area contributed by atoms with Gasteiger partial charge in [0.25, 0.3) is 0 Å². The molecule has 1 heterocycles. The first-order valence-electron chi connectivity index (χ1n) is 4.96. The Labute approximate surface area is 112 Å². The number of aromatic nitrogens is 1. The number of ether oxygens (including phenoxy) is 1. The molecule has 0 spiro atoms. The minimum absolute atomic E-state index is 0.341. The summed E-state index contributed by atoms with van der Waals surface area (Å²) in [5.74, 6) is -0.341. The van der Waals surface area contributed by atoms with Crippen molar-refractivity contribution in [1.82, 2.24) is 4.37 Å². The lowest BCUT2D eigenvalue weighted by atomic mass is 10.1. The number of carbonyl (C=O) groups excluding carboxylic acids is 1. The van der Waals surface area contributed by atoms with Crippen molar-refractivity contribution in [2.24, 2.45) is 0 Å². The topological polar surface area (TPSA) is 39.2 Å². The van der Waals surface area contributed by atoms with E-state index in [0.717, 1.165) is 10.4 Å². The van der Waals surface area contributed by atoms with Crippen LogP contribution in [0.4, 0.5) is 0 Å². The van der Waals surface area contributed by atoms with Gasteiger partial charge in [-0.05, 0) is 11.5 Å². The van der Waals surface area contributed by atoms with Gasteiger partial charge < -0.3 is 4.74 Å². The standard InChI is InChI=1S/C12H10BrNO2S/c1-16-12(15)10-9(7-13)17-14-11(10)8-5-3-2-4-6-8/h2-6H,7H2,1H3. The van der Waals surface area contributed by atoms with Gasteiger partial charge in [-0.1, -0.05) is 46.3 Å². The first-order chi connectivity index (χ1) is 8.27. The van der Waals surface area contributed by atoms with Gasteiger partial charge >= 0.3 is 5.97 Å². The molecular formula is C12H10BrNO2S. The van der Waals surface area contributed by atoms with Crippen molar-refractivity contribution >= 4 is 33.4 Å². The normalized spacial score (nSPS) is 10.2. The van der Waals surface area contributed by atoms with Gasteiger partial charge in [-0.15, -0.1) is 0 Å². The fourth-order valence-electron chi connectivity index (χ4n) is 1.52. The van der Waals surface area contributed by atoms with Gasteiger partial charge in [-0.2, -0.15) is 4.37 Å². The van der Waals surface area contributed by atoms with Crippen LogP contribution < -0.4 is 0 Å². The molecule has 5 heteroatoms. The Balaban J connectivity index is 2.55.